The van der Waals surface area contributed by atoms with Crippen LogP contribution >= 0.6 is 0 Å². The summed E-state index contributed by atoms with van der Waals surface area (Å²) in [6.07, 6.45) is 1.39. The number of carbonyl (C=O) groups is 1. The Morgan fingerprint density at radius 1 is 1.67 bits per heavy atom. The number of carbonyl (C=O) groups excluding carboxylic acids is 1. The first-order valence-corrected chi connectivity index (χ1v) is 4.25. The minimum Gasteiger partial charge on any atom is -0.389 e. The highest BCUT2D eigenvalue weighted by Crippen LogP contribution is 2.46. The molecule has 0 bridgehead atoms. The first-order chi connectivity index (χ1) is 5.62. The molecule has 4 heteroatoms. The topological polar surface area (TPSA) is 49.8 Å². The van der Waals surface area contributed by atoms with Crippen LogP contribution < -0.4 is 0 Å². The van der Waals surface area contributed by atoms with Crippen molar-refractivity contribution in [2.24, 2.45) is 5.41 Å². The maximum atomic E-state index is 11.6. The summed E-state index contributed by atoms with van der Waals surface area (Å²) in [5.74, 6) is 0.0269. The molecule has 1 aliphatic carbocycles. The van der Waals surface area contributed by atoms with E-state index >= 15 is 0 Å². The van der Waals surface area contributed by atoms with Gasteiger partial charge in [0, 0.05) is 5.41 Å². The van der Waals surface area contributed by atoms with E-state index in [-0.39, 0.29) is 17.9 Å². The number of β-amino-alcohol motifs (C(OH)–C–C–N with tert-alkyl or cyclic N) is 1. The Morgan fingerprint density at radius 2 is 2.33 bits per heavy atom. The maximum Gasteiger partial charge on any atom is 0.252 e. The van der Waals surface area contributed by atoms with Gasteiger partial charge in [0.15, 0.2) is 0 Å². The molecule has 4 nitrogen and oxygen atoms in total. The number of hydroxylamine groups is 2. The molecule has 0 radical (unpaired) electrons. The van der Waals surface area contributed by atoms with Crippen molar-refractivity contribution in [3.05, 3.63) is 0 Å². The molecule has 1 amide bonds. The van der Waals surface area contributed by atoms with Crippen LogP contribution in [0.3, 0.4) is 0 Å². The normalized spacial score (nSPS) is 32.2. The number of aliphatic hydroxyl groups is 1. The standard InChI is InChI=1S/C8H13NO3/c1-8(2-3-8)7(11)9-4-6(10)5-12-9/h6,10H,2-5H2,1H3/t6-/m0/s1. The average molecular weight is 171 g/mol. The van der Waals surface area contributed by atoms with Crippen molar-refractivity contribution >= 4 is 5.91 Å². The smallest absolute Gasteiger partial charge is 0.252 e. The van der Waals surface area contributed by atoms with Crippen LogP contribution in [0.5, 0.6) is 0 Å². The Labute approximate surface area is 71.1 Å². The quantitative estimate of drug-likeness (QED) is 0.600. The van der Waals surface area contributed by atoms with E-state index in [2.05, 4.69) is 0 Å². The minimum absolute atomic E-state index is 0.0269. The van der Waals surface area contributed by atoms with E-state index in [1.54, 1.807) is 0 Å². The zero-order chi connectivity index (χ0) is 8.77. The van der Waals surface area contributed by atoms with Crippen LogP contribution in [0.15, 0.2) is 0 Å². The van der Waals surface area contributed by atoms with Gasteiger partial charge in [-0.3, -0.25) is 9.63 Å². The summed E-state index contributed by atoms with van der Waals surface area (Å²) in [5.41, 5.74) is -0.190. The van der Waals surface area contributed by atoms with Crippen LogP contribution in [-0.2, 0) is 9.63 Å². The number of nitrogens with zero attached hydrogens (tertiary/aromatic N) is 1. The lowest BCUT2D eigenvalue weighted by Gasteiger charge is -2.17. The van der Waals surface area contributed by atoms with Gasteiger partial charge in [0.05, 0.1) is 12.6 Å². The molecule has 2 fully saturated rings. The van der Waals surface area contributed by atoms with Crippen LogP contribution in [0.25, 0.3) is 0 Å². The monoisotopic (exact) mass is 171 g/mol. The summed E-state index contributed by atoms with van der Waals surface area (Å²) in [5, 5.41) is 10.4. The van der Waals surface area contributed by atoms with Gasteiger partial charge < -0.3 is 5.11 Å². The van der Waals surface area contributed by atoms with Gasteiger partial charge in [0.1, 0.15) is 6.61 Å². The lowest BCUT2D eigenvalue weighted by molar-refractivity contribution is -0.174. The summed E-state index contributed by atoms with van der Waals surface area (Å²) >= 11 is 0. The second kappa shape index (κ2) is 2.44. The third-order valence-electron chi connectivity index (χ3n) is 2.54. The van der Waals surface area contributed by atoms with E-state index < -0.39 is 6.10 Å². The fraction of sp³-hybridized carbons (Fsp3) is 0.875. The summed E-state index contributed by atoms with van der Waals surface area (Å²) in [7, 11) is 0. The molecule has 1 N–H and O–H groups in total. The molecule has 0 spiro atoms. The van der Waals surface area contributed by atoms with Crippen molar-refractivity contribution in [1.82, 2.24) is 5.06 Å². The Morgan fingerprint density at radius 3 is 2.75 bits per heavy atom. The third kappa shape index (κ3) is 1.21. The number of rotatable bonds is 1. The number of amides is 1. The van der Waals surface area contributed by atoms with Gasteiger partial charge in [-0.2, -0.15) is 0 Å². The molecule has 0 aromatic carbocycles. The van der Waals surface area contributed by atoms with E-state index in [0.29, 0.717) is 6.54 Å². The Bertz CT molecular complexity index is 212. The molecule has 1 atom stereocenters. The van der Waals surface area contributed by atoms with Crippen molar-refractivity contribution in [2.75, 3.05) is 13.2 Å². The molecule has 0 aromatic rings. The lowest BCUT2D eigenvalue weighted by atomic mass is 10.1. The first kappa shape index (κ1) is 8.01. The van der Waals surface area contributed by atoms with Crippen LogP contribution in [0, 0.1) is 5.41 Å². The molecular formula is C8H13NO3. The third-order valence-corrected chi connectivity index (χ3v) is 2.54. The highest BCUT2D eigenvalue weighted by molar-refractivity contribution is 5.84. The van der Waals surface area contributed by atoms with Gasteiger partial charge in [-0.15, -0.1) is 0 Å². The zero-order valence-electron chi connectivity index (χ0n) is 7.12. The number of hydrogen-bond donors (Lipinski definition) is 1. The molecule has 2 rings (SSSR count). The largest absolute Gasteiger partial charge is 0.389 e. The highest BCUT2D eigenvalue weighted by Gasteiger charge is 2.48. The second-order valence-corrected chi connectivity index (χ2v) is 3.88. The van der Waals surface area contributed by atoms with Crippen molar-refractivity contribution in [1.29, 1.82) is 0 Å². The van der Waals surface area contributed by atoms with Gasteiger partial charge >= 0.3 is 0 Å². The van der Waals surface area contributed by atoms with Crippen molar-refractivity contribution < 1.29 is 14.7 Å². The fourth-order valence-electron chi connectivity index (χ4n) is 1.32. The molecular weight excluding hydrogens is 158 g/mol. The van der Waals surface area contributed by atoms with E-state index in [1.807, 2.05) is 6.92 Å². The van der Waals surface area contributed by atoms with Crippen molar-refractivity contribution in [3.63, 3.8) is 0 Å². The van der Waals surface area contributed by atoms with E-state index in [4.69, 9.17) is 9.94 Å². The Hall–Kier alpha value is -0.610. The van der Waals surface area contributed by atoms with Crippen LogP contribution in [0.2, 0.25) is 0 Å². The number of hydrogen-bond acceptors (Lipinski definition) is 3. The molecule has 1 saturated carbocycles. The zero-order valence-corrected chi connectivity index (χ0v) is 7.12. The van der Waals surface area contributed by atoms with Crippen LogP contribution in [0.4, 0.5) is 0 Å². The molecule has 12 heavy (non-hydrogen) atoms. The second-order valence-electron chi connectivity index (χ2n) is 3.88. The first-order valence-electron chi connectivity index (χ1n) is 4.25. The molecule has 0 unspecified atom stereocenters. The van der Waals surface area contributed by atoms with E-state index in [9.17, 15) is 4.79 Å². The molecule has 0 aromatic heterocycles. The Balaban J connectivity index is 1.97. The summed E-state index contributed by atoms with van der Waals surface area (Å²) in [4.78, 5) is 16.6. The fourth-order valence-corrected chi connectivity index (χ4v) is 1.32. The molecule has 68 valence electrons. The predicted octanol–water partition coefficient (Wildman–Crippen LogP) is -0.0788. The van der Waals surface area contributed by atoms with Gasteiger partial charge in [0.25, 0.3) is 5.91 Å². The maximum absolute atomic E-state index is 11.6. The predicted molar refractivity (Wildman–Crippen MR) is 41.0 cm³/mol. The SMILES string of the molecule is CC1(C(=O)N2C[C@H](O)CO2)CC1. The van der Waals surface area contributed by atoms with Gasteiger partial charge in [-0.1, -0.05) is 6.92 Å². The molecule has 1 heterocycles. The minimum atomic E-state index is -0.503. The van der Waals surface area contributed by atoms with Gasteiger partial charge in [-0.05, 0) is 12.8 Å². The van der Waals surface area contributed by atoms with Crippen molar-refractivity contribution in [2.45, 2.75) is 25.9 Å². The Kier molecular flexibility index (Phi) is 1.63. The van der Waals surface area contributed by atoms with E-state index in [0.717, 1.165) is 12.8 Å². The van der Waals surface area contributed by atoms with Crippen LogP contribution in [0.1, 0.15) is 19.8 Å². The highest BCUT2D eigenvalue weighted by atomic mass is 16.7. The van der Waals surface area contributed by atoms with E-state index in [1.165, 1.54) is 5.06 Å². The van der Waals surface area contributed by atoms with Gasteiger partial charge in [-0.25, -0.2) is 5.06 Å². The van der Waals surface area contributed by atoms with Gasteiger partial charge in [0.2, 0.25) is 0 Å². The van der Waals surface area contributed by atoms with Crippen LogP contribution in [-0.4, -0.2) is 35.3 Å². The molecule has 2 aliphatic rings. The molecule has 1 saturated heterocycles. The summed E-state index contributed by atoms with van der Waals surface area (Å²) in [6.45, 7) is 2.51. The lowest BCUT2D eigenvalue weighted by Crippen LogP contribution is -2.33. The summed E-state index contributed by atoms with van der Waals surface area (Å²) < 4.78 is 0. The number of aliphatic hydroxyl groups excluding tert-OH is 1. The average Bonchev–Trinajstić information content (AvgIpc) is 2.62. The van der Waals surface area contributed by atoms with Crippen molar-refractivity contribution in [3.8, 4) is 0 Å². The molecule has 1 aliphatic heterocycles. The summed E-state index contributed by atoms with van der Waals surface area (Å²) in [6, 6.07) is 0.